The molecule has 2 aromatic rings. The van der Waals surface area contributed by atoms with Gasteiger partial charge in [-0.1, -0.05) is 19.1 Å². The number of likely N-dealkylation sites (N-methyl/N-ethyl adjacent to an activating group) is 1. The Morgan fingerprint density at radius 3 is 2.64 bits per heavy atom. The summed E-state index contributed by atoms with van der Waals surface area (Å²) in [7, 11) is 0. The smallest absolute Gasteiger partial charge is 0.172 e. The number of anilines is 2. The van der Waals surface area contributed by atoms with Crippen molar-refractivity contribution in [3.63, 3.8) is 0 Å². The van der Waals surface area contributed by atoms with Gasteiger partial charge in [0.15, 0.2) is 11.6 Å². The number of hydrogen-bond acceptors (Lipinski definition) is 6. The van der Waals surface area contributed by atoms with E-state index in [4.69, 9.17) is 14.7 Å². The first-order chi connectivity index (χ1) is 12.3. The summed E-state index contributed by atoms with van der Waals surface area (Å²) >= 11 is 0. The molecule has 0 saturated carbocycles. The quantitative estimate of drug-likeness (QED) is 0.921. The summed E-state index contributed by atoms with van der Waals surface area (Å²) in [5, 5.41) is 3.71. The number of piperidine rings is 1. The molecular weight excluding hydrogens is 314 g/mol. The number of fused-ring (bicyclic) bond motifs is 1. The lowest BCUT2D eigenvalue weighted by Gasteiger charge is -2.34. The molecule has 0 amide bonds. The van der Waals surface area contributed by atoms with Crippen molar-refractivity contribution in [2.75, 3.05) is 56.2 Å². The van der Waals surface area contributed by atoms with Crippen LogP contribution in [0.2, 0.25) is 0 Å². The number of likely N-dealkylation sites (tertiary alicyclic amines) is 1. The zero-order valence-corrected chi connectivity index (χ0v) is 14.9. The molecule has 0 aliphatic carbocycles. The second-order valence-corrected chi connectivity index (χ2v) is 6.86. The number of ether oxygens (including phenoxy) is 1. The summed E-state index contributed by atoms with van der Waals surface area (Å²) < 4.78 is 5.51. The molecule has 0 spiro atoms. The molecule has 0 bridgehead atoms. The number of aromatic nitrogens is 2. The molecule has 2 saturated heterocycles. The van der Waals surface area contributed by atoms with Crippen LogP contribution in [0.3, 0.4) is 0 Å². The van der Waals surface area contributed by atoms with Crippen LogP contribution in [0.5, 0.6) is 0 Å². The molecule has 1 aromatic heterocycles. The van der Waals surface area contributed by atoms with Gasteiger partial charge in [-0.15, -0.1) is 0 Å². The number of nitrogens with one attached hydrogen (secondary N) is 1. The summed E-state index contributed by atoms with van der Waals surface area (Å²) in [4.78, 5) is 14.7. The molecule has 1 aromatic carbocycles. The van der Waals surface area contributed by atoms with Crippen LogP contribution in [-0.4, -0.2) is 66.8 Å². The lowest BCUT2D eigenvalue weighted by Crippen LogP contribution is -2.43. The molecule has 3 heterocycles. The first kappa shape index (κ1) is 16.5. The van der Waals surface area contributed by atoms with Gasteiger partial charge < -0.3 is 19.9 Å². The fraction of sp³-hybridized carbons (Fsp3) is 0.579. The average molecular weight is 341 g/mol. The lowest BCUT2D eigenvalue weighted by atomic mass is 10.1. The van der Waals surface area contributed by atoms with Gasteiger partial charge in [-0.3, -0.25) is 0 Å². The number of nitrogens with zero attached hydrogens (tertiary/aromatic N) is 4. The Kier molecular flexibility index (Phi) is 4.99. The Morgan fingerprint density at radius 2 is 1.88 bits per heavy atom. The van der Waals surface area contributed by atoms with Crippen molar-refractivity contribution in [2.24, 2.45) is 0 Å². The van der Waals surface area contributed by atoms with Crippen LogP contribution in [0.15, 0.2) is 24.3 Å². The fourth-order valence-electron chi connectivity index (χ4n) is 3.74. The van der Waals surface area contributed by atoms with E-state index in [-0.39, 0.29) is 0 Å². The van der Waals surface area contributed by atoms with E-state index in [1.807, 2.05) is 24.3 Å². The van der Waals surface area contributed by atoms with Gasteiger partial charge in [-0.25, -0.2) is 9.97 Å². The van der Waals surface area contributed by atoms with Gasteiger partial charge in [0.1, 0.15) is 0 Å². The van der Waals surface area contributed by atoms with E-state index in [1.165, 1.54) is 19.4 Å². The summed E-state index contributed by atoms with van der Waals surface area (Å²) in [5.74, 6) is 1.89. The Balaban J connectivity index is 1.65. The molecule has 1 N–H and O–H groups in total. The second-order valence-electron chi connectivity index (χ2n) is 6.86. The highest BCUT2D eigenvalue weighted by molar-refractivity contribution is 5.80. The van der Waals surface area contributed by atoms with Gasteiger partial charge in [0.05, 0.1) is 24.2 Å². The molecule has 2 aliphatic heterocycles. The highest BCUT2D eigenvalue weighted by atomic mass is 16.5. The third kappa shape index (κ3) is 3.70. The number of hydrogen-bond donors (Lipinski definition) is 1. The van der Waals surface area contributed by atoms with Crippen molar-refractivity contribution in [2.45, 2.75) is 25.8 Å². The Hall–Kier alpha value is -1.92. The summed E-state index contributed by atoms with van der Waals surface area (Å²) in [5.41, 5.74) is 1.90. The van der Waals surface area contributed by atoms with Gasteiger partial charge in [0.2, 0.25) is 0 Å². The largest absolute Gasteiger partial charge is 0.378 e. The van der Waals surface area contributed by atoms with Crippen LogP contribution in [0.4, 0.5) is 11.6 Å². The predicted octanol–water partition coefficient (Wildman–Crippen LogP) is 2.36. The topological polar surface area (TPSA) is 53.5 Å². The summed E-state index contributed by atoms with van der Waals surface area (Å²) in [6.45, 7) is 8.86. The second kappa shape index (κ2) is 7.54. The number of rotatable bonds is 4. The highest BCUT2D eigenvalue weighted by Crippen LogP contribution is 2.27. The maximum atomic E-state index is 5.51. The number of morpholine rings is 1. The SMILES string of the molecule is CCN1CCCC(Nc2nc3ccccc3nc2N2CCOCC2)C1. The van der Waals surface area contributed by atoms with Crippen LogP contribution in [-0.2, 0) is 4.74 Å². The third-order valence-corrected chi connectivity index (χ3v) is 5.16. The monoisotopic (exact) mass is 341 g/mol. The molecule has 2 fully saturated rings. The van der Waals surface area contributed by atoms with Crippen molar-refractivity contribution in [1.29, 1.82) is 0 Å². The van der Waals surface area contributed by atoms with Crippen LogP contribution >= 0.6 is 0 Å². The van der Waals surface area contributed by atoms with Gasteiger partial charge in [-0.2, -0.15) is 0 Å². The highest BCUT2D eigenvalue weighted by Gasteiger charge is 2.23. The molecular formula is C19H27N5O. The zero-order chi connectivity index (χ0) is 17.1. The van der Waals surface area contributed by atoms with Gasteiger partial charge in [0, 0.05) is 25.7 Å². The van der Waals surface area contributed by atoms with E-state index >= 15 is 0 Å². The van der Waals surface area contributed by atoms with Crippen LogP contribution in [0, 0.1) is 0 Å². The lowest BCUT2D eigenvalue weighted by molar-refractivity contribution is 0.122. The van der Waals surface area contributed by atoms with E-state index in [2.05, 4.69) is 22.0 Å². The van der Waals surface area contributed by atoms with Crippen molar-refractivity contribution in [3.05, 3.63) is 24.3 Å². The molecule has 6 heteroatoms. The van der Waals surface area contributed by atoms with Crippen LogP contribution < -0.4 is 10.2 Å². The van der Waals surface area contributed by atoms with Crippen molar-refractivity contribution < 1.29 is 4.74 Å². The molecule has 4 rings (SSSR count). The minimum Gasteiger partial charge on any atom is -0.378 e. The van der Waals surface area contributed by atoms with E-state index < -0.39 is 0 Å². The average Bonchev–Trinajstić information content (AvgIpc) is 2.68. The molecule has 1 atom stereocenters. The standard InChI is InChI=1S/C19H27N5O/c1-2-23-9-5-6-15(14-23)20-18-19(24-10-12-25-13-11-24)22-17-8-4-3-7-16(17)21-18/h3-4,7-8,15H,2,5-6,9-14H2,1H3,(H,20,21). The van der Waals surface area contributed by atoms with E-state index in [0.717, 1.165) is 62.1 Å². The minimum atomic E-state index is 0.434. The van der Waals surface area contributed by atoms with Gasteiger partial charge >= 0.3 is 0 Å². The molecule has 25 heavy (non-hydrogen) atoms. The van der Waals surface area contributed by atoms with Crippen molar-refractivity contribution in [3.8, 4) is 0 Å². The normalized spacial score (nSPS) is 22.3. The minimum absolute atomic E-state index is 0.434. The Labute approximate surface area is 149 Å². The Morgan fingerprint density at radius 1 is 1.12 bits per heavy atom. The van der Waals surface area contributed by atoms with Gasteiger partial charge in [-0.05, 0) is 38.1 Å². The summed E-state index contributed by atoms with van der Waals surface area (Å²) in [6, 6.07) is 8.55. The number of benzene rings is 1. The van der Waals surface area contributed by atoms with Crippen molar-refractivity contribution in [1.82, 2.24) is 14.9 Å². The first-order valence-corrected chi connectivity index (χ1v) is 9.42. The zero-order valence-electron chi connectivity index (χ0n) is 14.9. The molecule has 134 valence electrons. The van der Waals surface area contributed by atoms with E-state index in [9.17, 15) is 0 Å². The van der Waals surface area contributed by atoms with E-state index in [0.29, 0.717) is 6.04 Å². The maximum Gasteiger partial charge on any atom is 0.172 e. The van der Waals surface area contributed by atoms with Crippen molar-refractivity contribution >= 4 is 22.7 Å². The third-order valence-electron chi connectivity index (χ3n) is 5.16. The molecule has 2 aliphatic rings. The van der Waals surface area contributed by atoms with Crippen LogP contribution in [0.25, 0.3) is 11.0 Å². The summed E-state index contributed by atoms with van der Waals surface area (Å²) in [6.07, 6.45) is 2.42. The van der Waals surface area contributed by atoms with Gasteiger partial charge in [0.25, 0.3) is 0 Å². The Bertz CT molecular complexity index is 716. The predicted molar refractivity (Wildman–Crippen MR) is 101 cm³/mol. The van der Waals surface area contributed by atoms with Crippen LogP contribution in [0.1, 0.15) is 19.8 Å². The molecule has 6 nitrogen and oxygen atoms in total. The molecule has 0 radical (unpaired) electrons. The first-order valence-electron chi connectivity index (χ1n) is 9.42. The van der Waals surface area contributed by atoms with E-state index in [1.54, 1.807) is 0 Å². The molecule has 1 unspecified atom stereocenters. The number of para-hydroxylation sites is 2. The maximum absolute atomic E-state index is 5.51. The fourth-order valence-corrected chi connectivity index (χ4v) is 3.74.